The Hall–Kier alpha value is -2.08. The molecule has 1 aliphatic heterocycles. The summed E-state index contributed by atoms with van der Waals surface area (Å²) in [6.07, 6.45) is 1.77. The van der Waals surface area contributed by atoms with Crippen molar-refractivity contribution in [1.82, 2.24) is 10.2 Å². The maximum atomic E-state index is 11.9. The van der Waals surface area contributed by atoms with Gasteiger partial charge in [-0.2, -0.15) is 0 Å². The quantitative estimate of drug-likeness (QED) is 0.491. The summed E-state index contributed by atoms with van der Waals surface area (Å²) in [5.74, 6) is 0.193. The molecule has 1 aliphatic rings. The summed E-state index contributed by atoms with van der Waals surface area (Å²) in [6, 6.07) is 9.41. The molecule has 0 radical (unpaired) electrons. The number of carbonyl (C=O) groups is 1. The first-order valence-corrected chi connectivity index (χ1v) is 6.81. The highest BCUT2D eigenvalue weighted by Crippen LogP contribution is 2.10. The van der Waals surface area contributed by atoms with Gasteiger partial charge in [0.1, 0.15) is 5.84 Å². The van der Waals surface area contributed by atoms with Crippen LogP contribution in [0.4, 0.5) is 10.5 Å². The van der Waals surface area contributed by atoms with Crippen molar-refractivity contribution in [1.29, 1.82) is 5.41 Å². The van der Waals surface area contributed by atoms with Gasteiger partial charge in [-0.1, -0.05) is 18.2 Å². The molecule has 6 nitrogen and oxygen atoms in total. The lowest BCUT2D eigenvalue weighted by atomic mass is 10.1. The number of hydrogen-bond donors (Lipinski definition) is 4. The number of anilines is 1. The fourth-order valence-corrected chi connectivity index (χ4v) is 2.35. The molecular weight excluding hydrogens is 254 g/mol. The summed E-state index contributed by atoms with van der Waals surface area (Å²) in [5, 5.41) is 13.1. The molecule has 0 saturated carbocycles. The van der Waals surface area contributed by atoms with Gasteiger partial charge < -0.3 is 16.4 Å². The van der Waals surface area contributed by atoms with Crippen LogP contribution in [0.15, 0.2) is 30.3 Å². The molecule has 20 heavy (non-hydrogen) atoms. The predicted molar refractivity (Wildman–Crippen MR) is 80.0 cm³/mol. The van der Waals surface area contributed by atoms with Crippen molar-refractivity contribution in [2.75, 3.05) is 25.0 Å². The molecule has 0 spiro atoms. The number of rotatable bonds is 4. The van der Waals surface area contributed by atoms with E-state index in [0.29, 0.717) is 6.54 Å². The second-order valence-corrected chi connectivity index (χ2v) is 5.04. The number of amidine groups is 1. The monoisotopic (exact) mass is 275 g/mol. The van der Waals surface area contributed by atoms with E-state index in [0.717, 1.165) is 31.6 Å². The molecule has 1 aromatic carbocycles. The molecule has 1 heterocycles. The highest BCUT2D eigenvalue weighted by atomic mass is 16.2. The zero-order valence-electron chi connectivity index (χ0n) is 11.4. The number of para-hydroxylation sites is 1. The van der Waals surface area contributed by atoms with E-state index in [2.05, 4.69) is 15.5 Å². The minimum absolute atomic E-state index is 0.166. The zero-order valence-corrected chi connectivity index (χ0v) is 11.4. The van der Waals surface area contributed by atoms with E-state index in [9.17, 15) is 4.79 Å². The molecule has 2 amide bonds. The van der Waals surface area contributed by atoms with Gasteiger partial charge in [0.05, 0.1) is 6.54 Å². The standard InChI is InChI=1S/C14H21N5O/c15-13(16)10-19-8-6-12(7-9-19)18-14(20)17-11-4-2-1-3-5-11/h1-5,12H,6-10H2,(H3,15,16)(H2,17,18,20). The van der Waals surface area contributed by atoms with Crippen molar-refractivity contribution in [3.05, 3.63) is 30.3 Å². The van der Waals surface area contributed by atoms with Crippen LogP contribution in [0.25, 0.3) is 0 Å². The van der Waals surface area contributed by atoms with E-state index < -0.39 is 0 Å². The molecule has 6 heteroatoms. The van der Waals surface area contributed by atoms with Crippen LogP contribution in [-0.4, -0.2) is 42.4 Å². The van der Waals surface area contributed by atoms with Gasteiger partial charge in [0.25, 0.3) is 0 Å². The number of likely N-dealkylation sites (tertiary alicyclic amines) is 1. The highest BCUT2D eigenvalue weighted by molar-refractivity contribution is 5.89. The second kappa shape index (κ2) is 6.91. The van der Waals surface area contributed by atoms with Gasteiger partial charge in [-0.25, -0.2) is 4.79 Å². The van der Waals surface area contributed by atoms with Crippen molar-refractivity contribution >= 4 is 17.6 Å². The zero-order chi connectivity index (χ0) is 14.4. The third-order valence-electron chi connectivity index (χ3n) is 3.35. The lowest BCUT2D eigenvalue weighted by molar-refractivity contribution is 0.212. The topological polar surface area (TPSA) is 94.2 Å². The fraction of sp³-hybridized carbons (Fsp3) is 0.429. The Bertz CT molecular complexity index is 454. The van der Waals surface area contributed by atoms with Gasteiger partial charge in [-0.3, -0.25) is 10.3 Å². The number of nitrogens with zero attached hydrogens (tertiary/aromatic N) is 1. The smallest absolute Gasteiger partial charge is 0.319 e. The van der Waals surface area contributed by atoms with E-state index in [-0.39, 0.29) is 17.9 Å². The summed E-state index contributed by atoms with van der Waals surface area (Å²) in [6.45, 7) is 2.23. The third-order valence-corrected chi connectivity index (χ3v) is 3.35. The maximum Gasteiger partial charge on any atom is 0.319 e. The second-order valence-electron chi connectivity index (χ2n) is 5.04. The molecule has 1 saturated heterocycles. The van der Waals surface area contributed by atoms with Crippen molar-refractivity contribution < 1.29 is 4.79 Å². The van der Waals surface area contributed by atoms with Crippen LogP contribution >= 0.6 is 0 Å². The number of carbonyl (C=O) groups excluding carboxylic acids is 1. The molecule has 1 aromatic rings. The molecule has 5 N–H and O–H groups in total. The maximum absolute atomic E-state index is 11.9. The van der Waals surface area contributed by atoms with Gasteiger partial charge >= 0.3 is 6.03 Å². The van der Waals surface area contributed by atoms with Crippen molar-refractivity contribution in [2.24, 2.45) is 5.73 Å². The molecule has 108 valence electrons. The summed E-state index contributed by atoms with van der Waals surface area (Å²) < 4.78 is 0. The minimum Gasteiger partial charge on any atom is -0.387 e. The lowest BCUT2D eigenvalue weighted by Gasteiger charge is -2.31. The Morgan fingerprint density at radius 3 is 2.55 bits per heavy atom. The minimum atomic E-state index is -0.166. The van der Waals surface area contributed by atoms with E-state index in [4.69, 9.17) is 11.1 Å². The van der Waals surface area contributed by atoms with E-state index in [1.54, 1.807) is 0 Å². The van der Waals surface area contributed by atoms with Crippen LogP contribution < -0.4 is 16.4 Å². The normalized spacial score (nSPS) is 16.6. The van der Waals surface area contributed by atoms with E-state index in [1.807, 2.05) is 30.3 Å². The first kappa shape index (κ1) is 14.3. The van der Waals surface area contributed by atoms with Crippen molar-refractivity contribution in [3.8, 4) is 0 Å². The number of amides is 2. The van der Waals surface area contributed by atoms with Crippen molar-refractivity contribution in [2.45, 2.75) is 18.9 Å². The first-order chi connectivity index (χ1) is 9.63. The first-order valence-electron chi connectivity index (χ1n) is 6.81. The van der Waals surface area contributed by atoms with Gasteiger partial charge in [-0.15, -0.1) is 0 Å². The molecule has 1 fully saturated rings. The van der Waals surface area contributed by atoms with E-state index in [1.165, 1.54) is 0 Å². The van der Waals surface area contributed by atoms with Gasteiger partial charge in [0.2, 0.25) is 0 Å². The van der Waals surface area contributed by atoms with Crippen LogP contribution in [-0.2, 0) is 0 Å². The average molecular weight is 275 g/mol. The number of urea groups is 1. The SMILES string of the molecule is N=C(N)CN1CCC(NC(=O)Nc2ccccc2)CC1. The van der Waals surface area contributed by atoms with Crippen LogP contribution in [0.2, 0.25) is 0 Å². The fourth-order valence-electron chi connectivity index (χ4n) is 2.35. The largest absolute Gasteiger partial charge is 0.387 e. The van der Waals surface area contributed by atoms with Crippen LogP contribution in [0, 0.1) is 5.41 Å². The Morgan fingerprint density at radius 2 is 1.95 bits per heavy atom. The van der Waals surface area contributed by atoms with Crippen LogP contribution in [0.3, 0.4) is 0 Å². The van der Waals surface area contributed by atoms with Gasteiger partial charge in [0, 0.05) is 24.8 Å². The van der Waals surface area contributed by atoms with Crippen LogP contribution in [0.1, 0.15) is 12.8 Å². The van der Waals surface area contributed by atoms with E-state index >= 15 is 0 Å². The molecule has 0 aromatic heterocycles. The number of piperidine rings is 1. The summed E-state index contributed by atoms with van der Waals surface area (Å²) in [5.41, 5.74) is 6.18. The molecule has 2 rings (SSSR count). The Labute approximate surface area is 118 Å². The van der Waals surface area contributed by atoms with Crippen LogP contribution in [0.5, 0.6) is 0 Å². The summed E-state index contributed by atoms with van der Waals surface area (Å²) in [4.78, 5) is 14.0. The molecule has 0 unspecified atom stereocenters. The summed E-state index contributed by atoms with van der Waals surface area (Å²) >= 11 is 0. The Kier molecular flexibility index (Phi) is 4.95. The molecule has 0 atom stereocenters. The molecule has 0 bridgehead atoms. The highest BCUT2D eigenvalue weighted by Gasteiger charge is 2.20. The molecular formula is C14H21N5O. The third kappa shape index (κ3) is 4.55. The summed E-state index contributed by atoms with van der Waals surface area (Å²) in [7, 11) is 0. The Morgan fingerprint density at radius 1 is 1.30 bits per heavy atom. The van der Waals surface area contributed by atoms with Crippen molar-refractivity contribution in [3.63, 3.8) is 0 Å². The van der Waals surface area contributed by atoms with Gasteiger partial charge in [0.15, 0.2) is 0 Å². The van der Waals surface area contributed by atoms with Gasteiger partial charge in [-0.05, 0) is 25.0 Å². The number of benzene rings is 1. The Balaban J connectivity index is 1.72. The molecule has 0 aliphatic carbocycles. The number of nitrogens with one attached hydrogen (secondary N) is 3. The lowest BCUT2D eigenvalue weighted by Crippen LogP contribution is -2.47. The number of hydrogen-bond acceptors (Lipinski definition) is 3. The number of nitrogens with two attached hydrogens (primary N) is 1. The predicted octanol–water partition coefficient (Wildman–Crippen LogP) is 1.21. The average Bonchev–Trinajstić information content (AvgIpc) is 2.41.